The normalized spacial score (nSPS) is 26.6. The number of nitrogens with zero attached hydrogens (tertiary/aromatic N) is 3. The molecular weight excluding hydrogens is 184 g/mol. The lowest BCUT2D eigenvalue weighted by Crippen LogP contribution is -2.53. The molecule has 76 valence electrons. The minimum absolute atomic E-state index is 0.444. The number of hydrogen-bond donors (Lipinski definition) is 2. The van der Waals surface area contributed by atoms with Gasteiger partial charge in [-0.15, -0.1) is 0 Å². The van der Waals surface area contributed by atoms with E-state index in [0.29, 0.717) is 6.42 Å². The van der Waals surface area contributed by atoms with Crippen LogP contribution in [0.5, 0.6) is 0 Å². The lowest BCUT2D eigenvalue weighted by atomic mass is 10.2. The average molecular weight is 196 g/mol. The number of carbonyl (C=O) groups is 1. The molecule has 6 nitrogen and oxygen atoms in total. The molecule has 1 saturated heterocycles. The van der Waals surface area contributed by atoms with Gasteiger partial charge in [-0.25, -0.2) is 10.1 Å². The first-order valence-electron chi connectivity index (χ1n) is 4.52. The number of carboxylic acid groups (broad SMARTS) is 1. The Balaban J connectivity index is 2.05. The maximum Gasteiger partial charge on any atom is 0.322 e. The second kappa shape index (κ2) is 3.67. The lowest BCUT2D eigenvalue weighted by molar-refractivity contribution is -0.147. The summed E-state index contributed by atoms with van der Waals surface area (Å²) in [5.74, 6) is -0.785. The van der Waals surface area contributed by atoms with Crippen molar-refractivity contribution in [2.45, 2.75) is 18.9 Å². The molecule has 0 aromatic rings. The Kier molecular flexibility index (Phi) is 2.36. The molecule has 0 aliphatic carbocycles. The van der Waals surface area contributed by atoms with Gasteiger partial charge >= 0.3 is 5.97 Å². The molecule has 0 spiro atoms. The van der Waals surface area contributed by atoms with Crippen LogP contribution in [0.4, 0.5) is 0 Å². The second-order valence-electron chi connectivity index (χ2n) is 3.21. The summed E-state index contributed by atoms with van der Waals surface area (Å²) in [5.41, 5.74) is 2.91. The number of nitrogens with one attached hydrogen (secondary N) is 1. The Morgan fingerprint density at radius 1 is 1.64 bits per heavy atom. The van der Waals surface area contributed by atoms with Crippen LogP contribution in [0.1, 0.15) is 12.8 Å². The molecule has 1 unspecified atom stereocenters. The van der Waals surface area contributed by atoms with Crippen LogP contribution in [0.2, 0.25) is 0 Å². The molecule has 2 aliphatic heterocycles. The van der Waals surface area contributed by atoms with E-state index < -0.39 is 12.0 Å². The first-order chi connectivity index (χ1) is 6.79. The molecule has 0 aromatic carbocycles. The van der Waals surface area contributed by atoms with Gasteiger partial charge in [-0.05, 0) is 12.8 Å². The zero-order chi connectivity index (χ0) is 9.97. The van der Waals surface area contributed by atoms with Crippen molar-refractivity contribution in [2.24, 2.45) is 4.99 Å². The Labute approximate surface area is 81.5 Å². The highest BCUT2D eigenvalue weighted by atomic mass is 16.4. The van der Waals surface area contributed by atoms with Gasteiger partial charge in [0.25, 0.3) is 0 Å². The highest BCUT2D eigenvalue weighted by Crippen LogP contribution is 2.18. The van der Waals surface area contributed by atoms with E-state index in [4.69, 9.17) is 5.11 Å². The molecule has 0 aromatic heterocycles. The van der Waals surface area contributed by atoms with Gasteiger partial charge in [-0.2, -0.15) is 5.01 Å². The maximum atomic E-state index is 10.9. The predicted molar refractivity (Wildman–Crippen MR) is 50.0 cm³/mol. The van der Waals surface area contributed by atoms with E-state index in [-0.39, 0.29) is 0 Å². The number of hydrogen-bond acceptors (Lipinski definition) is 5. The SMILES string of the molecule is O=C(O)C1CCCN1N1C=NC=CN1. The molecule has 1 fully saturated rings. The van der Waals surface area contributed by atoms with Crippen LogP contribution in [0.25, 0.3) is 0 Å². The standard InChI is InChI=1S/C8H12N4O2/c13-8(14)7-2-1-5-11(7)12-6-9-3-4-10-12/h3-4,6-7,10H,1-2,5H2,(H,13,14). The lowest BCUT2D eigenvalue weighted by Gasteiger charge is -2.32. The Morgan fingerprint density at radius 3 is 3.14 bits per heavy atom. The topological polar surface area (TPSA) is 68.2 Å². The van der Waals surface area contributed by atoms with Crippen molar-refractivity contribution < 1.29 is 9.90 Å². The van der Waals surface area contributed by atoms with E-state index in [0.717, 1.165) is 13.0 Å². The van der Waals surface area contributed by atoms with Crippen molar-refractivity contribution in [1.82, 2.24) is 15.6 Å². The van der Waals surface area contributed by atoms with E-state index in [9.17, 15) is 4.79 Å². The fourth-order valence-electron chi connectivity index (χ4n) is 1.69. The molecule has 1 atom stereocenters. The maximum absolute atomic E-state index is 10.9. The summed E-state index contributed by atoms with van der Waals surface area (Å²) in [6, 6.07) is -0.444. The molecule has 14 heavy (non-hydrogen) atoms. The average Bonchev–Trinajstić information content (AvgIpc) is 2.67. The first kappa shape index (κ1) is 9.01. The van der Waals surface area contributed by atoms with Crippen molar-refractivity contribution in [1.29, 1.82) is 0 Å². The van der Waals surface area contributed by atoms with Gasteiger partial charge in [0.2, 0.25) is 0 Å². The third-order valence-electron chi connectivity index (χ3n) is 2.33. The molecular formula is C8H12N4O2. The smallest absolute Gasteiger partial charge is 0.322 e. The summed E-state index contributed by atoms with van der Waals surface area (Å²) >= 11 is 0. The van der Waals surface area contributed by atoms with Crippen LogP contribution < -0.4 is 5.43 Å². The summed E-state index contributed by atoms with van der Waals surface area (Å²) in [6.07, 6.45) is 6.43. The summed E-state index contributed by atoms with van der Waals surface area (Å²) in [7, 11) is 0. The van der Waals surface area contributed by atoms with Gasteiger partial charge in [0.1, 0.15) is 12.4 Å². The van der Waals surface area contributed by atoms with Crippen LogP contribution in [0, 0.1) is 0 Å². The fraction of sp³-hybridized carbons (Fsp3) is 0.500. The fourth-order valence-corrected chi connectivity index (χ4v) is 1.69. The van der Waals surface area contributed by atoms with Crippen molar-refractivity contribution in [3.8, 4) is 0 Å². The molecule has 0 bridgehead atoms. The molecule has 2 aliphatic rings. The van der Waals surface area contributed by atoms with Gasteiger partial charge in [-0.3, -0.25) is 10.2 Å². The molecule has 0 amide bonds. The Hall–Kier alpha value is -1.56. The molecule has 6 heteroatoms. The number of hydrazine groups is 2. The molecule has 0 saturated carbocycles. The van der Waals surface area contributed by atoms with Crippen LogP contribution in [0.15, 0.2) is 17.4 Å². The van der Waals surface area contributed by atoms with Crippen LogP contribution >= 0.6 is 0 Å². The van der Waals surface area contributed by atoms with E-state index in [1.54, 1.807) is 28.9 Å². The van der Waals surface area contributed by atoms with Crippen LogP contribution in [0.3, 0.4) is 0 Å². The summed E-state index contributed by atoms with van der Waals surface area (Å²) in [6.45, 7) is 0.740. The van der Waals surface area contributed by atoms with Gasteiger partial charge in [-0.1, -0.05) is 0 Å². The summed E-state index contributed by atoms with van der Waals surface area (Å²) < 4.78 is 0. The van der Waals surface area contributed by atoms with E-state index in [2.05, 4.69) is 10.4 Å². The Bertz CT molecular complexity index is 289. The summed E-state index contributed by atoms with van der Waals surface area (Å²) in [4.78, 5) is 14.8. The summed E-state index contributed by atoms with van der Waals surface area (Å²) in [5, 5.41) is 12.3. The van der Waals surface area contributed by atoms with E-state index in [1.807, 2.05) is 0 Å². The highest BCUT2D eigenvalue weighted by molar-refractivity contribution is 5.74. The molecule has 2 heterocycles. The largest absolute Gasteiger partial charge is 0.480 e. The zero-order valence-electron chi connectivity index (χ0n) is 7.63. The van der Waals surface area contributed by atoms with Gasteiger partial charge in [0, 0.05) is 18.9 Å². The molecule has 2 N–H and O–H groups in total. The minimum Gasteiger partial charge on any atom is -0.480 e. The number of carboxylic acids is 1. The minimum atomic E-state index is -0.785. The third-order valence-corrected chi connectivity index (χ3v) is 2.33. The van der Waals surface area contributed by atoms with E-state index in [1.165, 1.54) is 0 Å². The van der Waals surface area contributed by atoms with Crippen molar-refractivity contribution in [3.63, 3.8) is 0 Å². The Morgan fingerprint density at radius 2 is 2.50 bits per heavy atom. The highest BCUT2D eigenvalue weighted by Gasteiger charge is 2.33. The van der Waals surface area contributed by atoms with Gasteiger partial charge in [0.05, 0.1) is 0 Å². The second-order valence-corrected chi connectivity index (χ2v) is 3.21. The van der Waals surface area contributed by atoms with E-state index >= 15 is 0 Å². The number of rotatable bonds is 2. The van der Waals surface area contributed by atoms with Crippen molar-refractivity contribution in [3.05, 3.63) is 12.4 Å². The zero-order valence-corrected chi connectivity index (χ0v) is 7.63. The quantitative estimate of drug-likeness (QED) is 0.638. The van der Waals surface area contributed by atoms with Crippen LogP contribution in [-0.2, 0) is 4.79 Å². The van der Waals surface area contributed by atoms with Gasteiger partial charge in [0.15, 0.2) is 0 Å². The number of aliphatic imine (C=N–C) groups is 1. The van der Waals surface area contributed by atoms with Gasteiger partial charge < -0.3 is 5.11 Å². The predicted octanol–water partition coefficient (Wildman–Crippen LogP) is -0.230. The molecule has 2 rings (SSSR count). The van der Waals surface area contributed by atoms with Crippen molar-refractivity contribution >= 4 is 12.3 Å². The molecule has 0 radical (unpaired) electrons. The number of aliphatic carboxylic acids is 1. The van der Waals surface area contributed by atoms with Crippen molar-refractivity contribution in [2.75, 3.05) is 6.54 Å². The monoisotopic (exact) mass is 196 g/mol. The third kappa shape index (κ3) is 1.56. The van der Waals surface area contributed by atoms with Crippen LogP contribution in [-0.4, -0.2) is 40.1 Å². The first-order valence-corrected chi connectivity index (χ1v) is 4.52.